The number of hydrogen-bond acceptors (Lipinski definition) is 1. The average Bonchev–Trinajstić information content (AvgIpc) is 3.52. The lowest BCUT2D eigenvalue weighted by atomic mass is 9.85. The van der Waals surface area contributed by atoms with Gasteiger partial charge in [0.2, 0.25) is 0 Å². The maximum atomic E-state index is 9.32. The Morgan fingerprint density at radius 2 is 0.930 bits per heavy atom. The monoisotopic (exact) mass is 553 g/mol. The van der Waals surface area contributed by atoms with E-state index in [1.54, 1.807) is 0 Å². The summed E-state index contributed by atoms with van der Waals surface area (Å²) in [6.07, 6.45) is 0. The van der Waals surface area contributed by atoms with Gasteiger partial charge < -0.3 is 4.42 Å². The number of hydrogen-bond donors (Lipinski definition) is 0. The van der Waals surface area contributed by atoms with E-state index in [1.165, 1.54) is 0 Å². The second-order valence-corrected chi connectivity index (χ2v) is 10.7. The van der Waals surface area contributed by atoms with E-state index < -0.39 is 18.1 Å². The highest BCUT2D eigenvalue weighted by Crippen LogP contribution is 2.44. The first-order chi connectivity index (χ1) is 24.2. The minimum Gasteiger partial charge on any atom is -0.456 e. The molecule has 0 saturated heterocycles. The molecule has 0 N–H and O–H groups in total. The summed E-state index contributed by atoms with van der Waals surface area (Å²) in [5.41, 5.74) is 6.60. The second-order valence-electron chi connectivity index (χ2n) is 10.7. The van der Waals surface area contributed by atoms with Crippen LogP contribution in [0.25, 0.3) is 87.6 Å². The molecular weight excluding hydrogens is 520 g/mol. The fourth-order valence-corrected chi connectivity index (χ4v) is 6.35. The van der Waals surface area contributed by atoms with Gasteiger partial charge in [0.25, 0.3) is 0 Å². The summed E-state index contributed by atoms with van der Waals surface area (Å²) in [7, 11) is 0. The molecule has 0 spiro atoms. The Hall–Kier alpha value is -5.66. The highest BCUT2D eigenvalue weighted by Gasteiger charge is 2.17. The molecule has 8 aromatic carbocycles. The van der Waals surface area contributed by atoms with Crippen LogP contribution in [-0.2, 0) is 0 Å². The van der Waals surface area contributed by atoms with Gasteiger partial charge in [-0.05, 0) is 89.9 Å². The van der Waals surface area contributed by atoms with E-state index in [1.807, 2.05) is 72.8 Å². The average molecular weight is 554 g/mol. The molecule has 0 aliphatic carbocycles. The Labute approximate surface area is 259 Å². The highest BCUT2D eigenvalue weighted by molar-refractivity contribution is 6.21. The summed E-state index contributed by atoms with van der Waals surface area (Å²) in [6.45, 7) is 0. The summed E-state index contributed by atoms with van der Waals surface area (Å²) in [6, 6.07) is 35.9. The summed E-state index contributed by atoms with van der Waals surface area (Å²) < 4.78 is 67.0. The molecule has 43 heavy (non-hydrogen) atoms. The van der Waals surface area contributed by atoms with Gasteiger partial charge in [-0.25, -0.2) is 0 Å². The molecule has 0 unspecified atom stereocenters. The zero-order valence-corrected chi connectivity index (χ0v) is 22.9. The van der Waals surface area contributed by atoms with Crippen LogP contribution in [0.5, 0.6) is 0 Å². The number of para-hydroxylation sites is 1. The van der Waals surface area contributed by atoms with E-state index in [0.717, 1.165) is 65.7 Å². The van der Waals surface area contributed by atoms with Crippen molar-refractivity contribution in [2.24, 2.45) is 0 Å². The third-order valence-corrected chi connectivity index (χ3v) is 8.32. The van der Waals surface area contributed by atoms with Crippen LogP contribution >= 0.6 is 0 Å². The summed E-state index contributed by atoms with van der Waals surface area (Å²) in [4.78, 5) is 0. The van der Waals surface area contributed by atoms with Gasteiger partial charge in [0.1, 0.15) is 11.2 Å². The molecule has 0 aliphatic heterocycles. The third-order valence-electron chi connectivity index (χ3n) is 8.32. The van der Waals surface area contributed by atoms with Gasteiger partial charge in [-0.3, -0.25) is 0 Å². The smallest absolute Gasteiger partial charge is 0.135 e. The molecule has 0 aliphatic rings. The van der Waals surface area contributed by atoms with Gasteiger partial charge in [0, 0.05) is 10.8 Å². The van der Waals surface area contributed by atoms with Gasteiger partial charge in [-0.2, -0.15) is 0 Å². The quantitative estimate of drug-likeness (QED) is 0.198. The van der Waals surface area contributed by atoms with Crippen molar-refractivity contribution in [3.05, 3.63) is 158 Å². The third kappa shape index (κ3) is 3.79. The number of fused-ring (bicyclic) bond motifs is 6. The van der Waals surface area contributed by atoms with Crippen molar-refractivity contribution in [1.29, 1.82) is 0 Å². The fourth-order valence-electron chi connectivity index (χ4n) is 6.35. The summed E-state index contributed by atoms with van der Waals surface area (Å²) in [5.74, 6) is 0. The summed E-state index contributed by atoms with van der Waals surface area (Å²) >= 11 is 0. The van der Waals surface area contributed by atoms with E-state index in [0.29, 0.717) is 5.56 Å². The fraction of sp³-hybridized carbons (Fsp3) is 0. The minimum atomic E-state index is -0.482. The summed E-state index contributed by atoms with van der Waals surface area (Å²) in [5, 5.41) is 5.35. The van der Waals surface area contributed by atoms with E-state index >= 15 is 0 Å². The van der Waals surface area contributed by atoms with Crippen molar-refractivity contribution in [3.8, 4) is 33.4 Å². The lowest BCUT2D eigenvalue weighted by Crippen LogP contribution is -1.91. The Morgan fingerprint density at radius 1 is 0.395 bits per heavy atom. The Bertz CT molecular complexity index is 2830. The van der Waals surface area contributed by atoms with Crippen molar-refractivity contribution < 1.29 is 14.0 Å². The molecule has 0 saturated carbocycles. The van der Waals surface area contributed by atoms with E-state index in [4.69, 9.17) is 12.6 Å². The van der Waals surface area contributed by atoms with Crippen molar-refractivity contribution in [1.82, 2.24) is 0 Å². The first kappa shape index (κ1) is 18.0. The standard InChI is InChI=1S/C42H26O/c1-2-10-30-25-32(22-19-27(30)9-1)42-36-14-5-3-12-34(36)41(35-13-4-6-15-37(35)42)29-20-17-28(18-21-29)31-23-24-40-38(26-31)33-11-7-8-16-39(33)43-40/h1-26H/i1D,2D,9D,10D,19D,22D,25D. The number of benzene rings is 8. The van der Waals surface area contributed by atoms with E-state index in [-0.39, 0.29) is 40.5 Å². The van der Waals surface area contributed by atoms with Gasteiger partial charge >= 0.3 is 0 Å². The molecular formula is C42H26O. The Kier molecular flexibility index (Phi) is 3.95. The van der Waals surface area contributed by atoms with Gasteiger partial charge in [0.05, 0.1) is 9.60 Å². The van der Waals surface area contributed by atoms with Crippen LogP contribution in [0.3, 0.4) is 0 Å². The predicted molar refractivity (Wildman–Crippen MR) is 183 cm³/mol. The van der Waals surface area contributed by atoms with E-state index in [9.17, 15) is 1.37 Å². The number of furan rings is 1. The van der Waals surface area contributed by atoms with E-state index in [2.05, 4.69) is 42.5 Å². The maximum absolute atomic E-state index is 9.32. The second kappa shape index (κ2) is 9.44. The highest BCUT2D eigenvalue weighted by atomic mass is 16.3. The van der Waals surface area contributed by atoms with Crippen molar-refractivity contribution in [3.63, 3.8) is 0 Å². The van der Waals surface area contributed by atoms with Crippen molar-refractivity contribution in [2.75, 3.05) is 0 Å². The molecule has 0 bridgehead atoms. The molecule has 1 heteroatoms. The van der Waals surface area contributed by atoms with Crippen LogP contribution in [-0.4, -0.2) is 0 Å². The van der Waals surface area contributed by atoms with Crippen LogP contribution in [0.2, 0.25) is 0 Å². The lowest BCUT2D eigenvalue weighted by Gasteiger charge is -2.18. The zero-order chi connectivity index (χ0) is 34.4. The predicted octanol–water partition coefficient (Wildman–Crippen LogP) is 12.0. The molecule has 0 radical (unpaired) electrons. The molecule has 1 heterocycles. The van der Waals surface area contributed by atoms with Crippen molar-refractivity contribution >= 4 is 54.3 Å². The zero-order valence-electron chi connectivity index (χ0n) is 29.9. The van der Waals surface area contributed by atoms with Crippen molar-refractivity contribution in [2.45, 2.75) is 0 Å². The first-order valence-electron chi connectivity index (χ1n) is 17.7. The van der Waals surface area contributed by atoms with Crippen LogP contribution in [0, 0.1) is 0 Å². The molecule has 200 valence electrons. The molecule has 0 fully saturated rings. The largest absolute Gasteiger partial charge is 0.456 e. The number of rotatable bonds is 3. The van der Waals surface area contributed by atoms with Crippen LogP contribution in [0.4, 0.5) is 0 Å². The maximum Gasteiger partial charge on any atom is 0.135 e. The molecule has 0 amide bonds. The van der Waals surface area contributed by atoms with Gasteiger partial charge in [-0.1, -0.05) is 133 Å². The normalized spacial score (nSPS) is 14.0. The lowest BCUT2D eigenvalue weighted by molar-refractivity contribution is 0.669. The first-order valence-corrected chi connectivity index (χ1v) is 14.2. The van der Waals surface area contributed by atoms with Gasteiger partial charge in [0.15, 0.2) is 0 Å². The Balaban J connectivity index is 1.28. The Morgan fingerprint density at radius 3 is 1.63 bits per heavy atom. The van der Waals surface area contributed by atoms with Gasteiger partial charge in [-0.15, -0.1) is 0 Å². The molecule has 9 rings (SSSR count). The SMILES string of the molecule is [2H]c1c([2H])c([2H])c2c([2H])c(-c3c4ccccc4c(-c4ccc(-c5ccc6oc7ccccc7c6c5)cc4)c4ccccc34)c([2H])c([2H])c2c1[2H]. The molecule has 1 aromatic heterocycles. The topological polar surface area (TPSA) is 13.1 Å². The van der Waals surface area contributed by atoms with Crippen LogP contribution in [0.15, 0.2) is 162 Å². The van der Waals surface area contributed by atoms with Crippen LogP contribution in [0.1, 0.15) is 9.60 Å². The van der Waals surface area contributed by atoms with Crippen LogP contribution < -0.4 is 0 Å². The molecule has 9 aromatic rings. The minimum absolute atomic E-state index is 0.0542. The molecule has 0 atom stereocenters. The molecule has 1 nitrogen and oxygen atoms in total.